The summed E-state index contributed by atoms with van der Waals surface area (Å²) in [7, 11) is 0. The van der Waals surface area contributed by atoms with Gasteiger partial charge in [0.1, 0.15) is 10.7 Å². The number of rotatable bonds is 4. The monoisotopic (exact) mass is 312 g/mol. The second-order valence-corrected chi connectivity index (χ2v) is 6.34. The fourth-order valence-corrected chi connectivity index (χ4v) is 2.86. The van der Waals surface area contributed by atoms with Gasteiger partial charge in [-0.05, 0) is 19.9 Å². The summed E-state index contributed by atoms with van der Waals surface area (Å²) in [6.45, 7) is 8.17. The highest BCUT2D eigenvalue weighted by atomic mass is 35.5. The number of aryl methyl sites for hydroxylation is 1. The maximum Gasteiger partial charge on any atom is 0.247 e. The van der Waals surface area contributed by atoms with Crippen molar-refractivity contribution in [2.75, 3.05) is 11.9 Å². The van der Waals surface area contributed by atoms with Crippen molar-refractivity contribution in [3.05, 3.63) is 16.9 Å². The first-order valence-corrected chi connectivity index (χ1v) is 7.31. The van der Waals surface area contributed by atoms with E-state index in [0.717, 1.165) is 0 Å². The third-order valence-electron chi connectivity index (χ3n) is 4.28. The Balaban J connectivity index is 2.14. The van der Waals surface area contributed by atoms with Crippen LogP contribution in [0.1, 0.15) is 32.9 Å². The number of aromatic nitrogens is 2. The van der Waals surface area contributed by atoms with Crippen LogP contribution in [0.25, 0.3) is 0 Å². The number of nitrogens with zero attached hydrogens (tertiary/aromatic N) is 2. The normalized spacial score (nSPS) is 27.0. The zero-order chi connectivity index (χ0) is 15.8. The molecule has 1 aromatic heterocycles. The predicted octanol–water partition coefficient (Wildman–Crippen LogP) is 1.91. The van der Waals surface area contributed by atoms with E-state index in [1.165, 1.54) is 0 Å². The molecule has 0 aromatic carbocycles. The van der Waals surface area contributed by atoms with E-state index in [0.29, 0.717) is 18.7 Å². The highest BCUT2D eigenvalue weighted by molar-refractivity contribution is 6.29. The number of nitrogens with one attached hydrogen (secondary N) is 1. The van der Waals surface area contributed by atoms with Gasteiger partial charge in [-0.2, -0.15) is 0 Å². The molecule has 1 aliphatic rings. The number of anilines is 1. The van der Waals surface area contributed by atoms with Crippen LogP contribution in [0.5, 0.6) is 0 Å². The van der Waals surface area contributed by atoms with Gasteiger partial charge in [0.25, 0.3) is 0 Å². The number of nitrogens with two attached hydrogens (primary N) is 1. The van der Waals surface area contributed by atoms with Gasteiger partial charge in [-0.3, -0.25) is 10.1 Å². The van der Waals surface area contributed by atoms with Crippen LogP contribution in [0.2, 0.25) is 5.15 Å². The Morgan fingerprint density at radius 2 is 2.24 bits per heavy atom. The van der Waals surface area contributed by atoms with Crippen molar-refractivity contribution in [3.63, 3.8) is 0 Å². The molecule has 1 aliphatic carbocycles. The van der Waals surface area contributed by atoms with Crippen LogP contribution >= 0.6 is 11.6 Å². The molecule has 0 saturated heterocycles. The summed E-state index contributed by atoms with van der Waals surface area (Å²) in [4.78, 5) is 20.6. The van der Waals surface area contributed by atoms with E-state index in [2.05, 4.69) is 15.3 Å². The van der Waals surface area contributed by atoms with Gasteiger partial charge < -0.3 is 10.5 Å². The van der Waals surface area contributed by atoms with E-state index in [1.807, 2.05) is 20.8 Å². The summed E-state index contributed by atoms with van der Waals surface area (Å²) >= 11 is 5.86. The van der Waals surface area contributed by atoms with Gasteiger partial charge in [-0.1, -0.05) is 25.4 Å². The molecule has 0 bridgehead atoms. The van der Waals surface area contributed by atoms with Crippen LogP contribution in [-0.4, -0.2) is 34.1 Å². The molecule has 1 fully saturated rings. The SMILES string of the molecule is CCOC1CC(N)(C(=O)Nc2nc(C)cc(Cl)n2)C1(C)C. The van der Waals surface area contributed by atoms with Crippen molar-refractivity contribution in [2.45, 2.75) is 45.8 Å². The minimum atomic E-state index is -1.01. The summed E-state index contributed by atoms with van der Waals surface area (Å²) in [5.41, 5.74) is 5.50. The smallest absolute Gasteiger partial charge is 0.247 e. The molecule has 7 heteroatoms. The number of hydrogen-bond acceptors (Lipinski definition) is 5. The lowest BCUT2D eigenvalue weighted by atomic mass is 9.54. The molecule has 0 spiro atoms. The van der Waals surface area contributed by atoms with Gasteiger partial charge in [-0.25, -0.2) is 9.97 Å². The molecule has 2 rings (SSSR count). The Labute approximate surface area is 129 Å². The van der Waals surface area contributed by atoms with Gasteiger partial charge in [-0.15, -0.1) is 0 Å². The molecule has 2 unspecified atom stereocenters. The maximum absolute atomic E-state index is 12.5. The summed E-state index contributed by atoms with van der Waals surface area (Å²) in [6, 6.07) is 1.62. The Kier molecular flexibility index (Phi) is 4.24. The highest BCUT2D eigenvalue weighted by Gasteiger charge is 2.63. The number of hydrogen-bond donors (Lipinski definition) is 2. The summed E-state index contributed by atoms with van der Waals surface area (Å²) in [5, 5.41) is 2.94. The minimum Gasteiger partial charge on any atom is -0.378 e. The maximum atomic E-state index is 12.5. The number of carbonyl (C=O) groups excluding carboxylic acids is 1. The zero-order valence-corrected chi connectivity index (χ0v) is 13.5. The molecular weight excluding hydrogens is 292 g/mol. The first-order valence-electron chi connectivity index (χ1n) is 6.94. The van der Waals surface area contributed by atoms with Crippen LogP contribution in [0.4, 0.5) is 5.95 Å². The lowest BCUT2D eigenvalue weighted by molar-refractivity contribution is -0.166. The van der Waals surface area contributed by atoms with Crippen LogP contribution < -0.4 is 11.1 Å². The summed E-state index contributed by atoms with van der Waals surface area (Å²) in [6.07, 6.45) is 0.444. The highest BCUT2D eigenvalue weighted by Crippen LogP contribution is 2.50. The van der Waals surface area contributed by atoms with E-state index in [4.69, 9.17) is 22.1 Å². The Hall–Kier alpha value is -1.24. The summed E-state index contributed by atoms with van der Waals surface area (Å²) < 4.78 is 5.61. The van der Waals surface area contributed by atoms with E-state index in [9.17, 15) is 4.79 Å². The van der Waals surface area contributed by atoms with E-state index in [1.54, 1.807) is 13.0 Å². The van der Waals surface area contributed by atoms with Gasteiger partial charge in [0.15, 0.2) is 0 Å². The lowest BCUT2D eigenvalue weighted by Gasteiger charge is -2.57. The second-order valence-electron chi connectivity index (χ2n) is 5.95. The van der Waals surface area contributed by atoms with Crippen LogP contribution in [0, 0.1) is 12.3 Å². The molecule has 1 aromatic rings. The molecule has 1 saturated carbocycles. The van der Waals surface area contributed by atoms with E-state index < -0.39 is 11.0 Å². The molecule has 1 heterocycles. The number of ether oxygens (including phenoxy) is 1. The van der Waals surface area contributed by atoms with Gasteiger partial charge in [0.05, 0.1) is 6.10 Å². The third-order valence-corrected chi connectivity index (χ3v) is 4.48. The molecule has 3 N–H and O–H groups in total. The molecule has 0 radical (unpaired) electrons. The van der Waals surface area contributed by atoms with Gasteiger partial charge in [0.2, 0.25) is 11.9 Å². The second kappa shape index (κ2) is 5.51. The molecule has 6 nitrogen and oxygen atoms in total. The van der Waals surface area contributed by atoms with Crippen molar-refractivity contribution < 1.29 is 9.53 Å². The fourth-order valence-electron chi connectivity index (χ4n) is 2.62. The largest absolute Gasteiger partial charge is 0.378 e. The molecule has 116 valence electrons. The van der Waals surface area contributed by atoms with Gasteiger partial charge >= 0.3 is 0 Å². The lowest BCUT2D eigenvalue weighted by Crippen LogP contribution is -2.74. The first kappa shape index (κ1) is 16.1. The first-order chi connectivity index (χ1) is 9.70. The minimum absolute atomic E-state index is 0.0275. The third kappa shape index (κ3) is 2.75. The number of amides is 1. The van der Waals surface area contributed by atoms with Crippen molar-refractivity contribution in [1.29, 1.82) is 0 Å². The van der Waals surface area contributed by atoms with Crippen molar-refractivity contribution in [3.8, 4) is 0 Å². The van der Waals surface area contributed by atoms with E-state index >= 15 is 0 Å². The van der Waals surface area contributed by atoms with Crippen molar-refractivity contribution in [2.24, 2.45) is 11.1 Å². The van der Waals surface area contributed by atoms with E-state index in [-0.39, 0.29) is 23.1 Å². The molecule has 21 heavy (non-hydrogen) atoms. The predicted molar refractivity (Wildman–Crippen MR) is 81.1 cm³/mol. The van der Waals surface area contributed by atoms with Gasteiger partial charge in [0, 0.05) is 24.1 Å². The van der Waals surface area contributed by atoms with Crippen LogP contribution in [-0.2, 0) is 9.53 Å². The van der Waals surface area contributed by atoms with Crippen LogP contribution in [0.3, 0.4) is 0 Å². The molecule has 1 amide bonds. The number of carbonyl (C=O) groups is 1. The standard InChI is InChI=1S/C14H21ClN4O2/c1-5-21-9-7-14(16,13(9,3)4)11(20)19-12-17-8(2)6-10(15)18-12/h6,9H,5,7,16H2,1-4H3,(H,17,18,19,20). The molecular formula is C14H21ClN4O2. The fraction of sp³-hybridized carbons (Fsp3) is 0.643. The Morgan fingerprint density at radius 1 is 1.57 bits per heavy atom. The molecule has 2 atom stereocenters. The molecule has 0 aliphatic heterocycles. The summed E-state index contributed by atoms with van der Waals surface area (Å²) in [5.74, 6) is -0.143. The zero-order valence-electron chi connectivity index (χ0n) is 12.7. The quantitative estimate of drug-likeness (QED) is 0.829. The average Bonchev–Trinajstić information content (AvgIpc) is 2.36. The number of halogens is 1. The Morgan fingerprint density at radius 3 is 2.76 bits per heavy atom. The average molecular weight is 313 g/mol. The topological polar surface area (TPSA) is 90.1 Å². The van der Waals surface area contributed by atoms with Crippen molar-refractivity contribution >= 4 is 23.5 Å². The van der Waals surface area contributed by atoms with Crippen LogP contribution in [0.15, 0.2) is 6.07 Å². The Bertz CT molecular complexity index is 544. The van der Waals surface area contributed by atoms with Crippen molar-refractivity contribution in [1.82, 2.24) is 9.97 Å².